The molecule has 29 heavy (non-hydrogen) atoms. The van der Waals surface area contributed by atoms with Crippen LogP contribution in [0.5, 0.6) is 0 Å². The zero-order chi connectivity index (χ0) is 22.2. The van der Waals surface area contributed by atoms with Crippen LogP contribution in [0, 0.1) is 0 Å². The van der Waals surface area contributed by atoms with E-state index in [-0.39, 0.29) is 10.8 Å². The van der Waals surface area contributed by atoms with Crippen LogP contribution in [-0.4, -0.2) is 11.4 Å². The molecule has 0 aliphatic carbocycles. The first-order valence-corrected chi connectivity index (χ1v) is 12.4. The van der Waals surface area contributed by atoms with E-state index in [1.54, 1.807) is 0 Å². The third-order valence-electron chi connectivity index (χ3n) is 4.52. The molecule has 0 aliphatic heterocycles. The fourth-order valence-corrected chi connectivity index (χ4v) is 2.93. The first-order valence-electron chi connectivity index (χ1n) is 9.55. The molecule has 0 aromatic heterocycles. The molecule has 2 nitrogen and oxygen atoms in total. The summed E-state index contributed by atoms with van der Waals surface area (Å²) < 4.78 is 0. The number of aliphatic imine (C=N–C) groups is 2. The molecule has 0 fully saturated rings. The normalized spacial score (nSPS) is 13.2. The molecule has 0 aliphatic rings. The van der Waals surface area contributed by atoms with Crippen molar-refractivity contribution in [1.82, 2.24) is 0 Å². The summed E-state index contributed by atoms with van der Waals surface area (Å²) in [5, 5.41) is 0. The summed E-state index contributed by atoms with van der Waals surface area (Å²) in [5.41, 5.74) is 6.57. The van der Waals surface area contributed by atoms with Gasteiger partial charge in [-0.2, -0.15) is 0 Å². The van der Waals surface area contributed by atoms with Crippen LogP contribution in [0.4, 0.5) is 11.4 Å². The van der Waals surface area contributed by atoms with Gasteiger partial charge in [-0.3, -0.25) is 9.98 Å². The minimum absolute atomic E-state index is 0.0598. The topological polar surface area (TPSA) is 24.7 Å². The molecule has 0 amide bonds. The summed E-state index contributed by atoms with van der Waals surface area (Å²) in [4.78, 5) is 9.80. The first kappa shape index (κ1) is 25.9. The van der Waals surface area contributed by atoms with Crippen molar-refractivity contribution in [2.24, 2.45) is 9.98 Å². The second kappa shape index (κ2) is 11.3. The molecule has 0 saturated carbocycles. The van der Waals surface area contributed by atoms with E-state index in [9.17, 15) is 0 Å². The molecular formula is C24H32Cl2CoN2. The van der Waals surface area contributed by atoms with Gasteiger partial charge in [0.25, 0.3) is 0 Å². The minimum atomic E-state index is 0.0598. The summed E-state index contributed by atoms with van der Waals surface area (Å²) in [6.45, 7) is 17.4. The average molecular weight is 478 g/mol. The number of benzene rings is 2. The number of hydrogen-bond acceptors (Lipinski definition) is 2. The van der Waals surface area contributed by atoms with Crippen molar-refractivity contribution in [2.45, 2.75) is 66.2 Å². The van der Waals surface area contributed by atoms with Crippen LogP contribution in [0.3, 0.4) is 0 Å². The van der Waals surface area contributed by atoms with E-state index in [2.05, 4.69) is 77.9 Å². The van der Waals surface area contributed by atoms with E-state index >= 15 is 0 Å². The van der Waals surface area contributed by atoms with Crippen molar-refractivity contribution in [3.8, 4) is 0 Å². The molecule has 0 bridgehead atoms. The van der Waals surface area contributed by atoms with E-state index in [1.165, 1.54) is 11.1 Å². The van der Waals surface area contributed by atoms with Crippen molar-refractivity contribution in [3.05, 3.63) is 59.7 Å². The van der Waals surface area contributed by atoms with E-state index < -0.39 is 0 Å². The van der Waals surface area contributed by atoms with E-state index in [0.29, 0.717) is 12.9 Å². The third kappa shape index (κ3) is 8.25. The number of nitrogens with zero attached hydrogens (tertiary/aromatic N) is 2. The predicted octanol–water partition coefficient (Wildman–Crippen LogP) is 8.54. The fourth-order valence-electron chi connectivity index (χ4n) is 2.93. The Balaban J connectivity index is 0.00000132. The maximum absolute atomic E-state index is 4.90. The Morgan fingerprint density at radius 3 is 1.21 bits per heavy atom. The van der Waals surface area contributed by atoms with Crippen LogP contribution in [0.2, 0.25) is 0 Å². The Morgan fingerprint density at radius 1 is 0.655 bits per heavy atom. The van der Waals surface area contributed by atoms with Crippen LogP contribution in [0.15, 0.2) is 58.5 Å². The predicted molar refractivity (Wildman–Crippen MR) is 128 cm³/mol. The number of para-hydroxylation sites is 2. The number of halogens is 2. The van der Waals surface area contributed by atoms with Gasteiger partial charge in [0, 0.05) is 0 Å². The molecule has 0 radical (unpaired) electrons. The SMILES string of the molecule is CC(=Nc1ccccc1C(C)(C)C)C(C)=Nc1ccccc1C(C)(C)C.[Cl][Co][Cl]. The molecule has 0 N–H and O–H groups in total. The standard InChI is InChI=1S/C24H32N2.2ClH.Co/c1-17(25-21-15-11-9-13-19(21)23(3,4)5)18(2)26-22-16-12-10-14-20(22)24(6,7)8;;;/h9-16H,1-8H3;2*1H;/q;;;+2/p-2. The van der Waals surface area contributed by atoms with Crippen molar-refractivity contribution in [2.75, 3.05) is 0 Å². The van der Waals surface area contributed by atoms with Gasteiger partial charge < -0.3 is 0 Å². The quantitative estimate of drug-likeness (QED) is 0.395. The molecule has 161 valence electrons. The molecule has 0 heterocycles. The Labute approximate surface area is 191 Å². The summed E-state index contributed by atoms with van der Waals surface area (Å²) in [7, 11) is 9.47. The van der Waals surface area contributed by atoms with Crippen molar-refractivity contribution < 1.29 is 12.9 Å². The number of hydrogen-bond donors (Lipinski definition) is 0. The van der Waals surface area contributed by atoms with Crippen LogP contribution in [0.1, 0.15) is 66.5 Å². The first-order chi connectivity index (χ1) is 13.4. The van der Waals surface area contributed by atoms with E-state index in [4.69, 9.17) is 30.3 Å². The van der Waals surface area contributed by atoms with Crippen molar-refractivity contribution in [1.29, 1.82) is 0 Å². The molecule has 0 atom stereocenters. The van der Waals surface area contributed by atoms with E-state index in [1.807, 2.05) is 26.0 Å². The molecule has 2 rings (SSSR count). The zero-order valence-corrected chi connectivity index (χ0v) is 21.2. The molecule has 2 aromatic carbocycles. The second-order valence-corrected chi connectivity index (χ2v) is 10.7. The molecule has 2 aromatic rings. The molecule has 0 spiro atoms. The van der Waals surface area contributed by atoms with Crippen LogP contribution >= 0.6 is 20.3 Å². The monoisotopic (exact) mass is 477 g/mol. The summed E-state index contributed by atoms with van der Waals surface area (Å²) in [5.74, 6) is 0. The fraction of sp³-hybridized carbons (Fsp3) is 0.417. The third-order valence-corrected chi connectivity index (χ3v) is 4.52. The van der Waals surface area contributed by atoms with Gasteiger partial charge in [0.2, 0.25) is 0 Å². The Morgan fingerprint density at radius 2 is 0.931 bits per heavy atom. The second-order valence-electron chi connectivity index (χ2n) is 8.98. The maximum atomic E-state index is 4.90. The van der Waals surface area contributed by atoms with Gasteiger partial charge in [-0.25, -0.2) is 0 Å². The summed E-state index contributed by atoms with van der Waals surface area (Å²) in [6.07, 6.45) is 0. The summed E-state index contributed by atoms with van der Waals surface area (Å²) in [6, 6.07) is 16.7. The number of rotatable bonds is 3. The van der Waals surface area contributed by atoms with Gasteiger partial charge in [-0.15, -0.1) is 0 Å². The van der Waals surface area contributed by atoms with E-state index in [0.717, 1.165) is 22.8 Å². The summed E-state index contributed by atoms with van der Waals surface area (Å²) >= 11 is 0.382. The Bertz CT molecular complexity index is 788. The van der Waals surface area contributed by atoms with Gasteiger partial charge in [0.1, 0.15) is 0 Å². The molecule has 0 saturated heterocycles. The molecular weight excluding hydrogens is 446 g/mol. The van der Waals surface area contributed by atoms with Crippen LogP contribution in [0.25, 0.3) is 0 Å². The molecule has 0 unspecified atom stereocenters. The van der Waals surface area contributed by atoms with Crippen LogP contribution < -0.4 is 0 Å². The van der Waals surface area contributed by atoms with Crippen molar-refractivity contribution in [3.63, 3.8) is 0 Å². The van der Waals surface area contributed by atoms with Gasteiger partial charge in [-0.1, -0.05) is 77.9 Å². The van der Waals surface area contributed by atoms with Crippen molar-refractivity contribution >= 4 is 43.1 Å². The van der Waals surface area contributed by atoms with Gasteiger partial charge in [-0.05, 0) is 47.9 Å². The van der Waals surface area contributed by atoms with Gasteiger partial charge in [0.15, 0.2) is 0 Å². The molecule has 5 heteroatoms. The Hall–Kier alpha value is -1.13. The van der Waals surface area contributed by atoms with Gasteiger partial charge in [0.05, 0.1) is 22.8 Å². The van der Waals surface area contributed by atoms with Crippen LogP contribution in [-0.2, 0) is 23.7 Å². The average Bonchev–Trinajstić information content (AvgIpc) is 2.61. The Kier molecular flexibility index (Phi) is 10.1. The zero-order valence-electron chi connectivity index (χ0n) is 18.6. The van der Waals surface area contributed by atoms with Gasteiger partial charge >= 0.3 is 33.2 Å².